The zero-order valence-corrected chi connectivity index (χ0v) is 21.9. The van der Waals surface area contributed by atoms with Crippen molar-refractivity contribution < 1.29 is 9.59 Å². The zero-order chi connectivity index (χ0) is 25.3. The third-order valence-corrected chi connectivity index (χ3v) is 7.37. The number of carbonyl (C=O) groups is 2. The molecule has 0 radical (unpaired) electrons. The summed E-state index contributed by atoms with van der Waals surface area (Å²) >= 11 is 1.30. The molecule has 6 heteroatoms. The third-order valence-electron chi connectivity index (χ3n) is 6.44. The molecule has 4 rings (SSSR count). The van der Waals surface area contributed by atoms with Crippen LogP contribution in [0.25, 0.3) is 6.08 Å². The van der Waals surface area contributed by atoms with Gasteiger partial charge in [-0.05, 0) is 62.1 Å². The largest absolute Gasteiger partial charge is 0.351 e. The number of hydrogen-bond acceptors (Lipinski definition) is 4. The molecule has 0 saturated heterocycles. The molecule has 0 saturated carbocycles. The number of thioether (sulfide) groups is 1. The Balaban J connectivity index is 1.63. The van der Waals surface area contributed by atoms with Gasteiger partial charge in [-0.25, -0.2) is 4.99 Å². The lowest BCUT2D eigenvalue weighted by Crippen LogP contribution is -2.30. The number of amides is 1. The monoisotopic (exact) mass is 485 g/mol. The van der Waals surface area contributed by atoms with Gasteiger partial charge in [0.1, 0.15) is 5.70 Å². The van der Waals surface area contributed by atoms with E-state index < -0.39 is 0 Å². The number of ketones is 1. The number of aryl methyl sites for hydroxylation is 2. The molecule has 1 aromatic heterocycles. The predicted octanol–water partition coefficient (Wildman–Crippen LogP) is 6.43. The van der Waals surface area contributed by atoms with Crippen LogP contribution in [0.3, 0.4) is 0 Å². The topological polar surface area (TPSA) is 54.7 Å². The Bertz CT molecular complexity index is 1330. The van der Waals surface area contributed by atoms with Crippen LogP contribution >= 0.6 is 11.8 Å². The highest BCUT2D eigenvalue weighted by molar-refractivity contribution is 8.14. The van der Waals surface area contributed by atoms with E-state index in [1.807, 2.05) is 80.9 Å². The number of aliphatic imine (C=N–C) groups is 1. The predicted molar refractivity (Wildman–Crippen MR) is 146 cm³/mol. The Morgan fingerprint density at radius 2 is 1.69 bits per heavy atom. The lowest BCUT2D eigenvalue weighted by atomic mass is 10.0. The standard InChI is InChI=1S/C29H31N3O2S/c1-18(2)23-11-9-22(10-12-23)16-26-28(34)32(24-13-7-19(3)8-14-24)29(30-26)35-17-27(33)25-15-20(4)31(6)21(25)5/h7-16,18H,17H2,1-6H3. The summed E-state index contributed by atoms with van der Waals surface area (Å²) in [4.78, 5) is 32.7. The number of hydrogen-bond donors (Lipinski definition) is 0. The molecule has 0 bridgehead atoms. The molecule has 3 aromatic rings. The van der Waals surface area contributed by atoms with Crippen molar-refractivity contribution in [2.24, 2.45) is 12.0 Å². The molecule has 1 amide bonds. The first-order valence-electron chi connectivity index (χ1n) is 11.8. The van der Waals surface area contributed by atoms with E-state index in [0.29, 0.717) is 22.3 Å². The lowest BCUT2D eigenvalue weighted by molar-refractivity contribution is -0.113. The van der Waals surface area contributed by atoms with E-state index in [0.717, 1.165) is 28.2 Å². The molecule has 1 aliphatic rings. The minimum atomic E-state index is -0.191. The van der Waals surface area contributed by atoms with Gasteiger partial charge < -0.3 is 4.57 Å². The number of benzene rings is 2. The van der Waals surface area contributed by atoms with Crippen LogP contribution in [0.1, 0.15) is 58.2 Å². The number of carbonyl (C=O) groups excluding carboxylic acids is 2. The van der Waals surface area contributed by atoms with Crippen molar-refractivity contribution in [1.82, 2.24) is 4.57 Å². The number of aromatic nitrogens is 1. The molecular weight excluding hydrogens is 454 g/mol. The van der Waals surface area contributed by atoms with Gasteiger partial charge in [-0.15, -0.1) is 0 Å². The summed E-state index contributed by atoms with van der Waals surface area (Å²) in [6.45, 7) is 10.3. The van der Waals surface area contributed by atoms with Gasteiger partial charge in [0.15, 0.2) is 11.0 Å². The van der Waals surface area contributed by atoms with E-state index in [4.69, 9.17) is 0 Å². The normalized spacial score (nSPS) is 14.8. The second kappa shape index (κ2) is 10.1. The Morgan fingerprint density at radius 1 is 1.03 bits per heavy atom. The molecule has 0 N–H and O–H groups in total. The van der Waals surface area contributed by atoms with E-state index in [1.54, 1.807) is 4.90 Å². The summed E-state index contributed by atoms with van der Waals surface area (Å²) in [6.07, 6.45) is 1.81. The van der Waals surface area contributed by atoms with Crippen molar-refractivity contribution in [3.63, 3.8) is 0 Å². The van der Waals surface area contributed by atoms with Gasteiger partial charge in [0.25, 0.3) is 5.91 Å². The van der Waals surface area contributed by atoms with E-state index in [-0.39, 0.29) is 17.4 Å². The van der Waals surface area contributed by atoms with Crippen molar-refractivity contribution in [1.29, 1.82) is 0 Å². The van der Waals surface area contributed by atoms with Gasteiger partial charge in [-0.1, -0.05) is 67.6 Å². The molecular formula is C29H31N3O2S. The van der Waals surface area contributed by atoms with Crippen LogP contribution in [0, 0.1) is 20.8 Å². The van der Waals surface area contributed by atoms with Gasteiger partial charge in [0, 0.05) is 24.0 Å². The molecule has 35 heavy (non-hydrogen) atoms. The highest BCUT2D eigenvalue weighted by Gasteiger charge is 2.32. The van der Waals surface area contributed by atoms with E-state index in [1.165, 1.54) is 17.3 Å². The van der Waals surface area contributed by atoms with E-state index in [2.05, 4.69) is 31.0 Å². The molecule has 180 valence electrons. The smallest absolute Gasteiger partial charge is 0.283 e. The lowest BCUT2D eigenvalue weighted by Gasteiger charge is -2.18. The first kappa shape index (κ1) is 24.7. The fraction of sp³-hybridized carbons (Fsp3) is 0.276. The molecule has 0 fully saturated rings. The Kier molecular flexibility index (Phi) is 7.13. The van der Waals surface area contributed by atoms with Crippen LogP contribution in [0.5, 0.6) is 0 Å². The van der Waals surface area contributed by atoms with Gasteiger partial charge in [-0.2, -0.15) is 0 Å². The highest BCUT2D eigenvalue weighted by atomic mass is 32.2. The van der Waals surface area contributed by atoms with Gasteiger partial charge >= 0.3 is 0 Å². The SMILES string of the molecule is Cc1ccc(N2C(=O)C(=Cc3ccc(C(C)C)cc3)N=C2SCC(=O)c2cc(C)n(C)c2C)cc1. The third kappa shape index (κ3) is 5.17. The summed E-state index contributed by atoms with van der Waals surface area (Å²) in [5.41, 5.74) is 7.08. The number of rotatable bonds is 6. The maximum atomic E-state index is 13.4. The highest BCUT2D eigenvalue weighted by Crippen LogP contribution is 2.30. The molecule has 0 aliphatic carbocycles. The van der Waals surface area contributed by atoms with Crippen LogP contribution in [-0.4, -0.2) is 27.2 Å². The number of Topliss-reactive ketones (excluding diaryl/α,β-unsaturated/α-hetero) is 1. The van der Waals surface area contributed by atoms with Crippen molar-refractivity contribution in [3.05, 3.63) is 93.9 Å². The van der Waals surface area contributed by atoms with Crippen LogP contribution < -0.4 is 4.90 Å². The summed E-state index contributed by atoms with van der Waals surface area (Å²) < 4.78 is 2.01. The van der Waals surface area contributed by atoms with Gasteiger partial charge in [0.2, 0.25) is 0 Å². The Hall–Kier alpha value is -3.38. The summed E-state index contributed by atoms with van der Waals surface area (Å²) in [6, 6.07) is 17.9. The quantitative estimate of drug-likeness (QED) is 0.298. The van der Waals surface area contributed by atoms with Crippen LogP contribution in [-0.2, 0) is 11.8 Å². The van der Waals surface area contributed by atoms with Crippen molar-refractivity contribution in [2.45, 2.75) is 40.5 Å². The second-order valence-electron chi connectivity index (χ2n) is 9.28. The average molecular weight is 486 g/mol. The fourth-order valence-corrected chi connectivity index (χ4v) is 4.89. The maximum absolute atomic E-state index is 13.4. The maximum Gasteiger partial charge on any atom is 0.283 e. The first-order chi connectivity index (χ1) is 16.7. The molecule has 1 aliphatic heterocycles. The molecule has 0 atom stereocenters. The number of nitrogens with zero attached hydrogens (tertiary/aromatic N) is 3. The zero-order valence-electron chi connectivity index (χ0n) is 21.1. The summed E-state index contributed by atoms with van der Waals surface area (Å²) in [5, 5.41) is 0.516. The fourth-order valence-electron chi connectivity index (χ4n) is 4.00. The minimum absolute atomic E-state index is 0.0249. The first-order valence-corrected chi connectivity index (χ1v) is 12.7. The van der Waals surface area contributed by atoms with Gasteiger partial charge in [-0.3, -0.25) is 14.5 Å². The minimum Gasteiger partial charge on any atom is -0.351 e. The van der Waals surface area contributed by atoms with Gasteiger partial charge in [0.05, 0.1) is 11.4 Å². The van der Waals surface area contributed by atoms with E-state index in [9.17, 15) is 9.59 Å². The summed E-state index contributed by atoms with van der Waals surface area (Å²) in [5.74, 6) is 0.479. The molecule has 2 heterocycles. The summed E-state index contributed by atoms with van der Waals surface area (Å²) in [7, 11) is 1.96. The van der Waals surface area contributed by atoms with Crippen LogP contribution in [0.2, 0.25) is 0 Å². The van der Waals surface area contributed by atoms with Crippen molar-refractivity contribution in [2.75, 3.05) is 10.7 Å². The van der Waals surface area contributed by atoms with Crippen LogP contribution in [0.15, 0.2) is 65.3 Å². The molecule has 5 nitrogen and oxygen atoms in total. The Labute approximate surface area is 211 Å². The number of amidine groups is 1. The van der Waals surface area contributed by atoms with E-state index >= 15 is 0 Å². The van der Waals surface area contributed by atoms with Crippen molar-refractivity contribution >= 4 is 40.4 Å². The van der Waals surface area contributed by atoms with Crippen molar-refractivity contribution in [3.8, 4) is 0 Å². The molecule has 0 spiro atoms. The molecule has 0 unspecified atom stereocenters. The van der Waals surface area contributed by atoms with Crippen LogP contribution in [0.4, 0.5) is 5.69 Å². The molecule has 2 aromatic carbocycles. The average Bonchev–Trinajstić information content (AvgIpc) is 3.28. The Morgan fingerprint density at radius 3 is 2.26 bits per heavy atom. The number of anilines is 1. The second-order valence-corrected chi connectivity index (χ2v) is 10.2.